The molecule has 226 valence electrons. The van der Waals surface area contributed by atoms with Crippen LogP contribution in [-0.2, 0) is 20.9 Å². The normalized spacial score (nSPS) is 14.5. The second-order valence-electron chi connectivity index (χ2n) is 10.7. The van der Waals surface area contributed by atoms with Crippen molar-refractivity contribution in [2.24, 2.45) is 0 Å². The summed E-state index contributed by atoms with van der Waals surface area (Å²) in [5.74, 6) is -0.312. The Morgan fingerprint density at radius 1 is 0.930 bits per heavy atom. The van der Waals surface area contributed by atoms with Crippen molar-refractivity contribution in [2.45, 2.75) is 33.2 Å². The molecule has 1 aromatic heterocycles. The lowest BCUT2D eigenvalue weighted by Gasteiger charge is -2.29. The number of benzene rings is 2. The molecule has 1 N–H and O–H groups in total. The van der Waals surface area contributed by atoms with Gasteiger partial charge in [0.25, 0.3) is 5.91 Å². The Labute approximate surface area is 253 Å². The van der Waals surface area contributed by atoms with Gasteiger partial charge in [-0.3, -0.25) is 24.2 Å². The van der Waals surface area contributed by atoms with Crippen LogP contribution in [0, 0.1) is 0 Å². The van der Waals surface area contributed by atoms with Gasteiger partial charge in [-0.25, -0.2) is 4.98 Å². The largest absolute Gasteiger partial charge is 0.378 e. The smallest absolute Gasteiger partial charge is 0.257 e. The molecule has 3 aromatic rings. The third kappa shape index (κ3) is 7.21. The van der Waals surface area contributed by atoms with Gasteiger partial charge >= 0.3 is 0 Å². The average Bonchev–Trinajstić information content (AvgIpc) is 3.17. The molecule has 5 rings (SSSR count). The summed E-state index contributed by atoms with van der Waals surface area (Å²) in [6.07, 6.45) is 1.66. The highest BCUT2D eigenvalue weighted by molar-refractivity contribution is 6.17. The summed E-state index contributed by atoms with van der Waals surface area (Å²) in [7, 11) is 0. The van der Waals surface area contributed by atoms with Gasteiger partial charge in [0.15, 0.2) is 5.82 Å². The van der Waals surface area contributed by atoms with E-state index in [2.05, 4.69) is 51.3 Å². The molecule has 0 aliphatic carbocycles. The number of fused-ring (bicyclic) bond motifs is 2. The first-order chi connectivity index (χ1) is 21.0. The highest BCUT2D eigenvalue weighted by Gasteiger charge is 2.30. The number of anilines is 4. The number of ether oxygens (including phenoxy) is 1. The predicted molar refractivity (Wildman–Crippen MR) is 168 cm³/mol. The third-order valence-electron chi connectivity index (χ3n) is 8.02. The summed E-state index contributed by atoms with van der Waals surface area (Å²) >= 11 is 0. The predicted octanol–water partition coefficient (Wildman–Crippen LogP) is 4.30. The molecule has 10 nitrogen and oxygen atoms in total. The number of nitrogens with zero attached hydrogens (tertiary/aromatic N) is 5. The molecular weight excluding hydrogens is 544 g/mol. The first-order valence-corrected chi connectivity index (χ1v) is 15.1. The van der Waals surface area contributed by atoms with Gasteiger partial charge in [-0.2, -0.15) is 0 Å². The summed E-state index contributed by atoms with van der Waals surface area (Å²) in [6.45, 7) is 11.0. The Hall–Kier alpha value is -4.28. The van der Waals surface area contributed by atoms with Gasteiger partial charge in [-0.1, -0.05) is 31.2 Å². The van der Waals surface area contributed by atoms with E-state index in [9.17, 15) is 14.4 Å². The van der Waals surface area contributed by atoms with Gasteiger partial charge in [0.1, 0.15) is 0 Å². The maximum atomic E-state index is 13.6. The third-order valence-corrected chi connectivity index (χ3v) is 8.02. The van der Waals surface area contributed by atoms with Gasteiger partial charge in [-0.05, 0) is 55.4 Å². The summed E-state index contributed by atoms with van der Waals surface area (Å²) in [5, 5.41) is 2.84. The zero-order chi connectivity index (χ0) is 30.2. The van der Waals surface area contributed by atoms with Crippen LogP contribution in [0.1, 0.15) is 42.6 Å². The molecule has 0 spiro atoms. The van der Waals surface area contributed by atoms with E-state index in [4.69, 9.17) is 4.74 Å². The number of amides is 3. The van der Waals surface area contributed by atoms with E-state index in [0.717, 1.165) is 45.9 Å². The van der Waals surface area contributed by atoms with Gasteiger partial charge in [0.2, 0.25) is 11.8 Å². The van der Waals surface area contributed by atoms with Gasteiger partial charge in [0, 0.05) is 64.0 Å². The van der Waals surface area contributed by atoms with E-state index in [-0.39, 0.29) is 30.6 Å². The molecule has 0 radical (unpaired) electrons. The number of hydrogen-bond donors (Lipinski definition) is 1. The fourth-order valence-electron chi connectivity index (χ4n) is 5.54. The molecule has 3 heterocycles. The van der Waals surface area contributed by atoms with Crippen LogP contribution in [0.4, 0.5) is 22.9 Å². The lowest BCUT2D eigenvalue weighted by molar-refractivity contribution is -0.133. The fourth-order valence-corrected chi connectivity index (χ4v) is 5.54. The van der Waals surface area contributed by atoms with Gasteiger partial charge in [0.05, 0.1) is 30.2 Å². The summed E-state index contributed by atoms with van der Waals surface area (Å²) < 4.78 is 5.46. The fraction of sp³-hybridized carbons (Fsp3) is 0.394. The molecule has 0 bridgehead atoms. The number of nitrogens with one attached hydrogen (secondary N) is 1. The lowest BCUT2D eigenvalue weighted by atomic mass is 10.1. The molecule has 3 amide bonds. The summed E-state index contributed by atoms with van der Waals surface area (Å²) in [4.78, 5) is 52.0. The van der Waals surface area contributed by atoms with E-state index < -0.39 is 0 Å². The van der Waals surface area contributed by atoms with Gasteiger partial charge in [-0.15, -0.1) is 0 Å². The summed E-state index contributed by atoms with van der Waals surface area (Å²) in [5.41, 5.74) is 3.75. The van der Waals surface area contributed by atoms with Crippen molar-refractivity contribution in [1.29, 1.82) is 0 Å². The zero-order valence-corrected chi connectivity index (χ0v) is 25.0. The van der Waals surface area contributed by atoms with Crippen LogP contribution < -0.4 is 15.1 Å². The van der Waals surface area contributed by atoms with Crippen molar-refractivity contribution < 1.29 is 19.1 Å². The maximum Gasteiger partial charge on any atom is 0.257 e. The van der Waals surface area contributed by atoms with Crippen LogP contribution in [0.25, 0.3) is 0 Å². The number of likely N-dealkylation sites (N-methyl/N-ethyl adjacent to an activating group) is 2. The molecule has 0 unspecified atom stereocenters. The molecule has 43 heavy (non-hydrogen) atoms. The Bertz CT molecular complexity index is 1420. The van der Waals surface area contributed by atoms with Crippen molar-refractivity contribution in [3.8, 4) is 0 Å². The van der Waals surface area contributed by atoms with E-state index in [1.165, 1.54) is 16.2 Å². The Kier molecular flexibility index (Phi) is 10.0. The van der Waals surface area contributed by atoms with Gasteiger partial charge < -0.3 is 19.9 Å². The average molecular weight is 585 g/mol. The van der Waals surface area contributed by atoms with E-state index in [0.29, 0.717) is 35.8 Å². The van der Waals surface area contributed by atoms with Crippen molar-refractivity contribution in [3.63, 3.8) is 0 Å². The maximum absolute atomic E-state index is 13.6. The van der Waals surface area contributed by atoms with Crippen LogP contribution in [0.15, 0.2) is 66.9 Å². The molecule has 10 heteroatoms. The van der Waals surface area contributed by atoms with E-state index >= 15 is 0 Å². The SMILES string of the molecule is CCN(CCN(CC)C(=O)CCC(=O)N1c2ccccc2C(=O)Nc2cccnc21)Cc1ccc(N2CCOCC2)cc1. The highest BCUT2D eigenvalue weighted by Crippen LogP contribution is 2.36. The Balaban J connectivity index is 1.17. The number of rotatable bonds is 11. The number of hydrogen-bond acceptors (Lipinski definition) is 7. The lowest BCUT2D eigenvalue weighted by Crippen LogP contribution is -2.39. The van der Waals surface area contributed by atoms with Crippen LogP contribution in [0.2, 0.25) is 0 Å². The van der Waals surface area contributed by atoms with Crippen molar-refractivity contribution in [2.75, 3.05) is 67.6 Å². The first-order valence-electron chi connectivity index (χ1n) is 15.1. The standard InChI is InChI=1S/C33H40N6O4/c1-3-36(24-25-11-13-26(14-12-25)38-20-22-43-23-21-38)18-19-37(4-2)30(40)15-16-31(41)39-29-10-6-5-8-27(29)33(42)35-28-9-7-17-34-32(28)39/h5-14,17H,3-4,15-16,18-24H2,1-2H3,(H,35,42). The topological polar surface area (TPSA) is 98.3 Å². The summed E-state index contributed by atoms with van der Waals surface area (Å²) in [6, 6.07) is 19.1. The second kappa shape index (κ2) is 14.3. The monoisotopic (exact) mass is 584 g/mol. The quantitative estimate of drug-likeness (QED) is 0.359. The number of para-hydroxylation sites is 1. The van der Waals surface area contributed by atoms with Crippen molar-refractivity contribution in [3.05, 3.63) is 78.0 Å². The number of pyridine rings is 1. The number of carbonyl (C=O) groups is 3. The second-order valence-corrected chi connectivity index (χ2v) is 10.7. The van der Waals surface area contributed by atoms with Crippen molar-refractivity contribution >= 4 is 40.6 Å². The number of morpholine rings is 1. The molecule has 2 aliphatic rings. The van der Waals surface area contributed by atoms with Crippen LogP contribution >= 0.6 is 0 Å². The molecular formula is C33H40N6O4. The number of aromatic nitrogens is 1. The van der Waals surface area contributed by atoms with Crippen LogP contribution in [-0.4, -0.2) is 85.0 Å². The highest BCUT2D eigenvalue weighted by atomic mass is 16.5. The zero-order valence-electron chi connectivity index (χ0n) is 25.0. The van der Waals surface area contributed by atoms with Crippen LogP contribution in [0.5, 0.6) is 0 Å². The minimum Gasteiger partial charge on any atom is -0.378 e. The Morgan fingerprint density at radius 2 is 1.70 bits per heavy atom. The molecule has 1 fully saturated rings. The van der Waals surface area contributed by atoms with E-state index in [1.807, 2.05) is 11.8 Å². The molecule has 2 aromatic carbocycles. The minimum atomic E-state index is -0.304. The van der Waals surface area contributed by atoms with Crippen molar-refractivity contribution in [1.82, 2.24) is 14.8 Å². The van der Waals surface area contributed by atoms with Crippen LogP contribution in [0.3, 0.4) is 0 Å². The Morgan fingerprint density at radius 3 is 2.44 bits per heavy atom. The molecule has 0 atom stereocenters. The molecule has 1 saturated heterocycles. The van der Waals surface area contributed by atoms with E-state index in [1.54, 1.807) is 42.6 Å². The number of carbonyl (C=O) groups excluding carboxylic acids is 3. The molecule has 2 aliphatic heterocycles. The first kappa shape index (κ1) is 30.2. The molecule has 0 saturated carbocycles. The minimum absolute atomic E-state index is 0.000849.